The summed E-state index contributed by atoms with van der Waals surface area (Å²) in [6.45, 7) is 1.19. The SMILES string of the molecule is COC(=O)C1=C(C2CCN(c3ncc(CC(=O)O)cn3)CC2)NC(c2nccs2)=NC1c1cccc(F)c1Cl. The fourth-order valence-corrected chi connectivity index (χ4v) is 5.59. The zero-order valence-electron chi connectivity index (χ0n) is 20.8. The van der Waals surface area contributed by atoms with Gasteiger partial charge in [-0.2, -0.15) is 0 Å². The number of anilines is 1. The molecule has 1 saturated heterocycles. The predicted molar refractivity (Wildman–Crippen MR) is 143 cm³/mol. The van der Waals surface area contributed by atoms with E-state index in [2.05, 4.69) is 20.3 Å². The molecule has 1 aromatic carbocycles. The molecule has 0 radical (unpaired) electrons. The van der Waals surface area contributed by atoms with Crippen molar-refractivity contribution in [3.63, 3.8) is 0 Å². The Balaban J connectivity index is 1.47. The number of nitrogens with one attached hydrogen (secondary N) is 1. The number of nitrogens with zero attached hydrogens (tertiary/aromatic N) is 5. The number of carboxylic acid groups (broad SMARTS) is 1. The molecule has 0 spiro atoms. The number of rotatable bonds is 7. The van der Waals surface area contributed by atoms with Gasteiger partial charge in [0.05, 0.1) is 24.1 Å². The van der Waals surface area contributed by atoms with Crippen LogP contribution < -0.4 is 10.2 Å². The van der Waals surface area contributed by atoms with Crippen molar-refractivity contribution in [1.29, 1.82) is 0 Å². The standard InChI is InChI=1S/C26H24ClFN6O4S/c1-38-25(37)19-21(15-5-8-34(9-6-15)26-30-12-14(13-31-26)11-18(35)36)32-23(24-29-7-10-39-24)33-22(19)16-3-2-4-17(28)20(16)27/h2-4,7,10,12-13,15,22H,5-6,8-9,11H2,1H3,(H,32,33)(H,35,36). The fourth-order valence-electron chi connectivity index (χ4n) is 4.77. The zero-order valence-corrected chi connectivity index (χ0v) is 22.4. The number of aliphatic carboxylic acids is 1. The molecule has 4 heterocycles. The summed E-state index contributed by atoms with van der Waals surface area (Å²) in [5.74, 6) is -1.23. The maximum absolute atomic E-state index is 14.5. The number of ether oxygens (including phenoxy) is 1. The number of carbonyl (C=O) groups excluding carboxylic acids is 1. The van der Waals surface area contributed by atoms with E-state index in [0.29, 0.717) is 59.5 Å². The number of piperidine rings is 1. The molecule has 5 rings (SSSR count). The van der Waals surface area contributed by atoms with E-state index in [1.807, 2.05) is 10.3 Å². The van der Waals surface area contributed by atoms with Crippen molar-refractivity contribution in [2.24, 2.45) is 10.9 Å². The normalized spacial score (nSPS) is 18.0. The van der Waals surface area contributed by atoms with E-state index in [4.69, 9.17) is 26.4 Å². The third-order valence-electron chi connectivity index (χ3n) is 6.62. The summed E-state index contributed by atoms with van der Waals surface area (Å²) in [5.41, 5.74) is 1.80. The molecular weight excluding hydrogens is 547 g/mol. The highest BCUT2D eigenvalue weighted by Crippen LogP contribution is 2.40. The van der Waals surface area contributed by atoms with Crippen molar-refractivity contribution in [1.82, 2.24) is 20.3 Å². The van der Waals surface area contributed by atoms with Gasteiger partial charge in [0.2, 0.25) is 5.95 Å². The molecule has 2 aromatic heterocycles. The lowest BCUT2D eigenvalue weighted by molar-refractivity contribution is -0.137. The molecule has 2 aliphatic heterocycles. The van der Waals surface area contributed by atoms with Gasteiger partial charge in [-0.15, -0.1) is 11.3 Å². The lowest BCUT2D eigenvalue weighted by Gasteiger charge is -2.36. The predicted octanol–water partition coefficient (Wildman–Crippen LogP) is 3.79. The van der Waals surface area contributed by atoms with Crippen LogP contribution in [0.25, 0.3) is 0 Å². The molecular formula is C26H24ClFN6O4S. The van der Waals surface area contributed by atoms with Crippen LogP contribution in [0.3, 0.4) is 0 Å². The minimum absolute atomic E-state index is 0.0815. The highest BCUT2D eigenvalue weighted by molar-refractivity contribution is 7.11. The van der Waals surface area contributed by atoms with Crippen molar-refractivity contribution in [3.8, 4) is 0 Å². The van der Waals surface area contributed by atoms with Gasteiger partial charge in [0.1, 0.15) is 11.9 Å². The van der Waals surface area contributed by atoms with Crippen LogP contribution in [0.4, 0.5) is 10.3 Å². The van der Waals surface area contributed by atoms with Gasteiger partial charge in [-0.3, -0.25) is 9.79 Å². The number of hydrogen-bond acceptors (Lipinski definition) is 10. The Hall–Kier alpha value is -3.90. The number of hydrogen-bond donors (Lipinski definition) is 2. The van der Waals surface area contributed by atoms with Crippen LogP contribution in [0, 0.1) is 11.7 Å². The van der Waals surface area contributed by atoms with Crippen molar-refractivity contribution in [3.05, 3.63) is 80.4 Å². The summed E-state index contributed by atoms with van der Waals surface area (Å²) in [5, 5.41) is 14.7. The maximum Gasteiger partial charge on any atom is 0.338 e. The molecule has 2 N–H and O–H groups in total. The lowest BCUT2D eigenvalue weighted by atomic mass is 9.85. The van der Waals surface area contributed by atoms with Gasteiger partial charge in [-0.25, -0.2) is 24.1 Å². The lowest BCUT2D eigenvalue weighted by Crippen LogP contribution is -2.42. The second-order valence-electron chi connectivity index (χ2n) is 9.03. The van der Waals surface area contributed by atoms with Crippen molar-refractivity contribution in [2.45, 2.75) is 25.3 Å². The minimum Gasteiger partial charge on any atom is -0.481 e. The summed E-state index contributed by atoms with van der Waals surface area (Å²) < 4.78 is 19.6. The smallest absolute Gasteiger partial charge is 0.338 e. The highest BCUT2D eigenvalue weighted by atomic mass is 35.5. The van der Waals surface area contributed by atoms with Gasteiger partial charge in [0, 0.05) is 59.8 Å². The molecule has 39 heavy (non-hydrogen) atoms. The first-order valence-corrected chi connectivity index (χ1v) is 13.4. The Kier molecular flexibility index (Phi) is 7.84. The first kappa shape index (κ1) is 26.7. The molecule has 13 heteroatoms. The number of benzene rings is 1. The van der Waals surface area contributed by atoms with Gasteiger partial charge < -0.3 is 20.1 Å². The molecule has 0 amide bonds. The Morgan fingerprint density at radius 3 is 2.62 bits per heavy atom. The van der Waals surface area contributed by atoms with Crippen molar-refractivity contribution in [2.75, 3.05) is 25.1 Å². The Morgan fingerprint density at radius 2 is 1.97 bits per heavy atom. The number of halogens is 2. The van der Waals surface area contributed by atoms with Gasteiger partial charge in [-0.1, -0.05) is 23.7 Å². The summed E-state index contributed by atoms with van der Waals surface area (Å²) >= 11 is 7.75. The summed E-state index contributed by atoms with van der Waals surface area (Å²) in [4.78, 5) is 43.9. The van der Waals surface area contributed by atoms with E-state index in [1.165, 1.54) is 43.0 Å². The van der Waals surface area contributed by atoms with Crippen LogP contribution in [0.5, 0.6) is 0 Å². The van der Waals surface area contributed by atoms with Crippen molar-refractivity contribution < 1.29 is 23.8 Å². The number of allylic oxidation sites excluding steroid dienone is 1. The van der Waals surface area contributed by atoms with Gasteiger partial charge >= 0.3 is 11.9 Å². The molecule has 202 valence electrons. The fraction of sp³-hybridized carbons (Fsp3) is 0.308. The van der Waals surface area contributed by atoms with E-state index in [-0.39, 0.29) is 22.9 Å². The number of carboxylic acids is 1. The number of carbonyl (C=O) groups is 2. The molecule has 1 fully saturated rings. The second kappa shape index (κ2) is 11.5. The molecule has 0 bridgehead atoms. The monoisotopic (exact) mass is 570 g/mol. The molecule has 3 aromatic rings. The number of aliphatic imine (C=N–C) groups is 1. The molecule has 1 atom stereocenters. The van der Waals surface area contributed by atoms with Gasteiger partial charge in [0.25, 0.3) is 0 Å². The van der Waals surface area contributed by atoms with E-state index in [1.54, 1.807) is 12.3 Å². The molecule has 0 saturated carbocycles. The van der Waals surface area contributed by atoms with Crippen LogP contribution in [0.1, 0.15) is 35.0 Å². The zero-order chi connectivity index (χ0) is 27.5. The maximum atomic E-state index is 14.5. The third kappa shape index (κ3) is 5.62. The first-order valence-electron chi connectivity index (χ1n) is 12.1. The molecule has 0 aliphatic carbocycles. The number of aromatic nitrogens is 3. The molecule has 2 aliphatic rings. The number of amidine groups is 1. The van der Waals surface area contributed by atoms with E-state index in [9.17, 15) is 14.0 Å². The second-order valence-corrected chi connectivity index (χ2v) is 10.3. The number of methoxy groups -OCH3 is 1. The number of thiazole rings is 1. The Bertz CT molecular complexity index is 1440. The largest absolute Gasteiger partial charge is 0.481 e. The van der Waals surface area contributed by atoms with Crippen LogP contribution in [0.2, 0.25) is 5.02 Å². The Labute approximate surface area is 232 Å². The van der Waals surface area contributed by atoms with Crippen LogP contribution >= 0.6 is 22.9 Å². The van der Waals surface area contributed by atoms with Crippen LogP contribution in [-0.4, -0.2) is 58.0 Å². The Morgan fingerprint density at radius 1 is 1.23 bits per heavy atom. The highest BCUT2D eigenvalue weighted by Gasteiger charge is 2.38. The topological polar surface area (TPSA) is 130 Å². The summed E-state index contributed by atoms with van der Waals surface area (Å²) in [6, 6.07) is 3.55. The number of esters is 1. The van der Waals surface area contributed by atoms with E-state index >= 15 is 0 Å². The average Bonchev–Trinajstić information content (AvgIpc) is 3.49. The molecule has 10 nitrogen and oxygen atoms in total. The van der Waals surface area contributed by atoms with E-state index in [0.717, 1.165) is 0 Å². The third-order valence-corrected chi connectivity index (χ3v) is 7.80. The first-order chi connectivity index (χ1) is 18.9. The average molecular weight is 571 g/mol. The van der Waals surface area contributed by atoms with E-state index < -0.39 is 23.8 Å². The summed E-state index contributed by atoms with van der Waals surface area (Å²) in [7, 11) is 1.30. The minimum atomic E-state index is -0.944. The quantitative estimate of drug-likeness (QED) is 0.407. The molecule has 1 unspecified atom stereocenters. The van der Waals surface area contributed by atoms with Crippen LogP contribution in [0.15, 0.2) is 58.4 Å². The summed E-state index contributed by atoms with van der Waals surface area (Å²) in [6.07, 6.45) is 5.86. The van der Waals surface area contributed by atoms with Crippen molar-refractivity contribution >= 4 is 46.7 Å². The van der Waals surface area contributed by atoms with Gasteiger partial charge in [-0.05, 0) is 18.9 Å². The van der Waals surface area contributed by atoms with Crippen LogP contribution in [-0.2, 0) is 20.7 Å². The van der Waals surface area contributed by atoms with Gasteiger partial charge in [0.15, 0.2) is 10.8 Å².